The molecule has 1 aliphatic carbocycles. The Hall–Kier alpha value is -1.68. The maximum Gasteiger partial charge on any atom is 0.223 e. The van der Waals surface area contributed by atoms with Crippen molar-refractivity contribution < 1.29 is 4.79 Å². The van der Waals surface area contributed by atoms with Crippen LogP contribution >= 0.6 is 11.3 Å². The molecule has 0 saturated heterocycles. The van der Waals surface area contributed by atoms with Gasteiger partial charge in [0.15, 0.2) is 0 Å². The first kappa shape index (κ1) is 13.3. The van der Waals surface area contributed by atoms with Crippen LogP contribution in [0.5, 0.6) is 0 Å². The van der Waals surface area contributed by atoms with Gasteiger partial charge >= 0.3 is 0 Å². The van der Waals surface area contributed by atoms with Crippen LogP contribution in [0.3, 0.4) is 0 Å². The number of rotatable bonds is 3. The number of aryl methyl sites for hydroxylation is 2. The summed E-state index contributed by atoms with van der Waals surface area (Å²) in [6, 6.07) is 8.44. The number of aromatic nitrogens is 1. The molecule has 0 spiro atoms. The van der Waals surface area contributed by atoms with Gasteiger partial charge in [-0.3, -0.25) is 4.79 Å². The lowest BCUT2D eigenvalue weighted by atomic mass is 9.83. The van der Waals surface area contributed by atoms with Crippen molar-refractivity contribution in [3.8, 4) is 0 Å². The highest BCUT2D eigenvalue weighted by Crippen LogP contribution is 2.25. The van der Waals surface area contributed by atoms with Gasteiger partial charge in [0, 0.05) is 10.8 Å². The number of hydrogen-bond acceptors (Lipinski definition) is 3. The number of carbonyl (C=O) groups excluding carboxylic acids is 1. The molecule has 1 aromatic heterocycles. The highest BCUT2D eigenvalue weighted by molar-refractivity contribution is 7.09. The van der Waals surface area contributed by atoms with Crippen LogP contribution < -0.4 is 5.32 Å². The molecule has 1 aliphatic rings. The SMILES string of the molecule is Cc1ncsc1CNC(=O)C1CCc2ccccc2C1. The van der Waals surface area contributed by atoms with E-state index >= 15 is 0 Å². The number of fused-ring (bicyclic) bond motifs is 1. The van der Waals surface area contributed by atoms with Gasteiger partial charge in [-0.05, 0) is 37.3 Å². The normalized spacial score (nSPS) is 17.6. The molecule has 3 nitrogen and oxygen atoms in total. The molecule has 1 aromatic carbocycles. The van der Waals surface area contributed by atoms with Gasteiger partial charge in [0.05, 0.1) is 17.7 Å². The molecule has 2 aromatic rings. The summed E-state index contributed by atoms with van der Waals surface area (Å²) in [5.41, 5.74) is 5.57. The van der Waals surface area contributed by atoms with Crippen LogP contribution in [0, 0.1) is 12.8 Å². The standard InChI is InChI=1S/C16H18N2OS/c1-11-15(20-10-18-11)9-17-16(19)14-7-6-12-4-2-3-5-13(12)8-14/h2-5,10,14H,6-9H2,1H3,(H,17,19). The zero-order valence-electron chi connectivity index (χ0n) is 11.6. The minimum atomic E-state index is 0.109. The lowest BCUT2D eigenvalue weighted by Gasteiger charge is -2.23. The highest BCUT2D eigenvalue weighted by Gasteiger charge is 2.24. The largest absolute Gasteiger partial charge is 0.351 e. The third-order valence-electron chi connectivity index (χ3n) is 3.99. The molecule has 1 amide bonds. The molecule has 0 radical (unpaired) electrons. The van der Waals surface area contributed by atoms with Gasteiger partial charge in [0.25, 0.3) is 0 Å². The van der Waals surface area contributed by atoms with Crippen LogP contribution in [0.4, 0.5) is 0 Å². The van der Waals surface area contributed by atoms with Gasteiger partial charge in [0.1, 0.15) is 0 Å². The molecular weight excluding hydrogens is 268 g/mol. The van der Waals surface area contributed by atoms with Gasteiger partial charge in [-0.15, -0.1) is 11.3 Å². The molecule has 1 N–H and O–H groups in total. The second kappa shape index (κ2) is 5.75. The van der Waals surface area contributed by atoms with Crippen molar-refractivity contribution in [3.05, 3.63) is 51.5 Å². The van der Waals surface area contributed by atoms with E-state index in [-0.39, 0.29) is 11.8 Å². The Kier molecular flexibility index (Phi) is 3.83. The highest BCUT2D eigenvalue weighted by atomic mass is 32.1. The summed E-state index contributed by atoms with van der Waals surface area (Å²) in [6.07, 6.45) is 2.82. The summed E-state index contributed by atoms with van der Waals surface area (Å²) < 4.78 is 0. The third-order valence-corrected chi connectivity index (χ3v) is 4.92. The number of benzene rings is 1. The van der Waals surface area contributed by atoms with Crippen LogP contribution in [-0.4, -0.2) is 10.9 Å². The fourth-order valence-corrected chi connectivity index (χ4v) is 3.45. The number of nitrogens with one attached hydrogen (secondary N) is 1. The van der Waals surface area contributed by atoms with E-state index in [1.165, 1.54) is 11.1 Å². The molecule has 104 valence electrons. The molecule has 0 fully saturated rings. The van der Waals surface area contributed by atoms with Crippen LogP contribution in [0.15, 0.2) is 29.8 Å². The first-order valence-corrected chi connectivity index (χ1v) is 7.85. The van der Waals surface area contributed by atoms with Crippen LogP contribution in [-0.2, 0) is 24.2 Å². The first-order valence-electron chi connectivity index (χ1n) is 6.97. The van der Waals surface area contributed by atoms with Crippen molar-refractivity contribution in [2.75, 3.05) is 0 Å². The van der Waals surface area contributed by atoms with Crippen molar-refractivity contribution in [1.29, 1.82) is 0 Å². The second-order valence-corrected chi connectivity index (χ2v) is 6.23. The van der Waals surface area contributed by atoms with E-state index in [4.69, 9.17) is 0 Å². The summed E-state index contributed by atoms with van der Waals surface area (Å²) in [7, 11) is 0. The predicted octanol–water partition coefficient (Wildman–Crippen LogP) is 2.87. The van der Waals surface area contributed by atoms with Crippen LogP contribution in [0.1, 0.15) is 28.1 Å². The summed E-state index contributed by atoms with van der Waals surface area (Å²) in [6.45, 7) is 2.59. The number of nitrogens with zero attached hydrogens (tertiary/aromatic N) is 1. The van der Waals surface area contributed by atoms with Gasteiger partial charge in [0.2, 0.25) is 5.91 Å². The van der Waals surface area contributed by atoms with Crippen molar-refractivity contribution in [2.45, 2.75) is 32.7 Å². The fourth-order valence-electron chi connectivity index (χ4n) is 2.73. The summed E-state index contributed by atoms with van der Waals surface area (Å²) >= 11 is 1.60. The third kappa shape index (κ3) is 2.75. The van der Waals surface area contributed by atoms with Crippen molar-refractivity contribution in [3.63, 3.8) is 0 Å². The Labute approximate surface area is 123 Å². The molecule has 3 rings (SSSR count). The molecule has 1 heterocycles. The minimum absolute atomic E-state index is 0.109. The van der Waals surface area contributed by atoms with E-state index in [2.05, 4.69) is 34.6 Å². The topological polar surface area (TPSA) is 42.0 Å². The number of amides is 1. The number of carbonyl (C=O) groups is 1. The Morgan fingerprint density at radius 2 is 2.20 bits per heavy atom. The van der Waals surface area contributed by atoms with E-state index < -0.39 is 0 Å². The average molecular weight is 286 g/mol. The first-order chi connectivity index (χ1) is 9.74. The lowest BCUT2D eigenvalue weighted by Crippen LogP contribution is -2.33. The maximum absolute atomic E-state index is 12.3. The molecule has 4 heteroatoms. The minimum Gasteiger partial charge on any atom is -0.351 e. The van der Waals surface area contributed by atoms with E-state index in [0.29, 0.717) is 6.54 Å². The Morgan fingerprint density at radius 3 is 2.95 bits per heavy atom. The zero-order valence-corrected chi connectivity index (χ0v) is 12.4. The van der Waals surface area contributed by atoms with Crippen LogP contribution in [0.2, 0.25) is 0 Å². The Balaban J connectivity index is 1.60. The molecule has 1 unspecified atom stereocenters. The quantitative estimate of drug-likeness (QED) is 0.942. The molecule has 0 aliphatic heterocycles. The van der Waals surface area contributed by atoms with Gasteiger partial charge < -0.3 is 5.32 Å². The van der Waals surface area contributed by atoms with E-state index in [9.17, 15) is 4.79 Å². The predicted molar refractivity (Wildman–Crippen MR) is 80.7 cm³/mol. The maximum atomic E-state index is 12.3. The van der Waals surface area contributed by atoms with E-state index in [0.717, 1.165) is 29.8 Å². The van der Waals surface area contributed by atoms with Gasteiger partial charge in [-0.25, -0.2) is 4.98 Å². The average Bonchev–Trinajstić information content (AvgIpc) is 2.89. The lowest BCUT2D eigenvalue weighted by molar-refractivity contribution is -0.125. The Morgan fingerprint density at radius 1 is 1.40 bits per heavy atom. The summed E-state index contributed by atoms with van der Waals surface area (Å²) in [5.74, 6) is 0.283. The number of thiazole rings is 1. The monoisotopic (exact) mass is 286 g/mol. The fraction of sp³-hybridized carbons (Fsp3) is 0.375. The summed E-state index contributed by atoms with van der Waals surface area (Å²) in [5, 5.41) is 3.06. The Bertz CT molecular complexity index is 620. The van der Waals surface area contributed by atoms with Crippen molar-refractivity contribution in [1.82, 2.24) is 10.3 Å². The van der Waals surface area contributed by atoms with Gasteiger partial charge in [-0.1, -0.05) is 24.3 Å². The van der Waals surface area contributed by atoms with Crippen molar-refractivity contribution >= 4 is 17.2 Å². The van der Waals surface area contributed by atoms with Crippen LogP contribution in [0.25, 0.3) is 0 Å². The molecule has 20 heavy (non-hydrogen) atoms. The molecule has 0 saturated carbocycles. The van der Waals surface area contributed by atoms with Crippen molar-refractivity contribution in [2.24, 2.45) is 5.92 Å². The van der Waals surface area contributed by atoms with E-state index in [1.807, 2.05) is 12.4 Å². The molecular formula is C16H18N2OS. The summed E-state index contributed by atoms with van der Waals surface area (Å²) in [4.78, 5) is 17.6. The molecule has 1 atom stereocenters. The number of hydrogen-bond donors (Lipinski definition) is 1. The smallest absolute Gasteiger partial charge is 0.223 e. The zero-order chi connectivity index (χ0) is 13.9. The van der Waals surface area contributed by atoms with E-state index in [1.54, 1.807) is 11.3 Å². The second-order valence-electron chi connectivity index (χ2n) is 5.29. The molecule has 0 bridgehead atoms. The van der Waals surface area contributed by atoms with Gasteiger partial charge in [-0.2, -0.15) is 0 Å².